The van der Waals surface area contributed by atoms with E-state index in [1.54, 1.807) is 6.33 Å². The average Bonchev–Trinajstić information content (AvgIpc) is 3.24. The first-order chi connectivity index (χ1) is 12.2. The predicted octanol–water partition coefficient (Wildman–Crippen LogP) is 3.76. The van der Waals surface area contributed by atoms with Gasteiger partial charge in [-0.15, -0.1) is 5.10 Å². The molecule has 4 rings (SSSR count). The molecule has 25 heavy (non-hydrogen) atoms. The molecule has 3 heterocycles. The SMILES string of the molecule is Cc1c(-c2ncnc3[nH]ccc23)nnn1CCCc1ccc(I)cc1. The molecule has 0 aliphatic carbocycles. The summed E-state index contributed by atoms with van der Waals surface area (Å²) < 4.78 is 3.22. The summed E-state index contributed by atoms with van der Waals surface area (Å²) in [5.41, 5.74) is 4.85. The number of aromatic amines is 1. The van der Waals surface area contributed by atoms with E-state index in [1.807, 2.05) is 23.9 Å². The molecule has 1 N–H and O–H groups in total. The molecule has 0 aliphatic rings. The quantitative estimate of drug-likeness (QED) is 0.476. The summed E-state index contributed by atoms with van der Waals surface area (Å²) in [4.78, 5) is 11.7. The van der Waals surface area contributed by atoms with Crippen molar-refractivity contribution in [3.63, 3.8) is 0 Å². The largest absolute Gasteiger partial charge is 0.346 e. The number of aryl methyl sites for hydroxylation is 2. The maximum Gasteiger partial charge on any atom is 0.141 e. The van der Waals surface area contributed by atoms with Crippen LogP contribution < -0.4 is 0 Å². The molecule has 1 aromatic carbocycles. The zero-order valence-electron chi connectivity index (χ0n) is 13.8. The standard InChI is InChI=1S/C18H17IN6/c1-12-16(17-15-8-9-20-18(15)22-11-21-17)23-24-25(12)10-2-3-13-4-6-14(19)7-5-13/h4-9,11H,2-3,10H2,1H3,(H,20,21,22). The van der Waals surface area contributed by atoms with E-state index in [0.29, 0.717) is 0 Å². The van der Waals surface area contributed by atoms with E-state index >= 15 is 0 Å². The van der Waals surface area contributed by atoms with Crippen LogP contribution in [-0.2, 0) is 13.0 Å². The lowest BCUT2D eigenvalue weighted by molar-refractivity contribution is 0.547. The van der Waals surface area contributed by atoms with Crippen LogP contribution in [0, 0.1) is 10.5 Å². The van der Waals surface area contributed by atoms with E-state index in [0.717, 1.165) is 47.5 Å². The van der Waals surface area contributed by atoms with Crippen LogP contribution in [0.5, 0.6) is 0 Å². The van der Waals surface area contributed by atoms with Crippen molar-refractivity contribution in [1.82, 2.24) is 29.9 Å². The van der Waals surface area contributed by atoms with Crippen molar-refractivity contribution >= 4 is 33.6 Å². The van der Waals surface area contributed by atoms with Crippen molar-refractivity contribution < 1.29 is 0 Å². The third kappa shape index (κ3) is 3.28. The predicted molar refractivity (Wildman–Crippen MR) is 105 cm³/mol. The molecule has 6 nitrogen and oxygen atoms in total. The van der Waals surface area contributed by atoms with Crippen molar-refractivity contribution in [3.05, 3.63) is 57.7 Å². The summed E-state index contributed by atoms with van der Waals surface area (Å²) in [5, 5.41) is 9.65. The minimum atomic E-state index is 0.817. The topological polar surface area (TPSA) is 72.3 Å². The van der Waals surface area contributed by atoms with E-state index in [-0.39, 0.29) is 0 Å². The third-order valence-electron chi connectivity index (χ3n) is 4.31. The summed E-state index contributed by atoms with van der Waals surface area (Å²) in [6.45, 7) is 2.88. The molecule has 0 saturated carbocycles. The summed E-state index contributed by atoms with van der Waals surface area (Å²) in [6.07, 6.45) is 5.47. The second-order valence-electron chi connectivity index (χ2n) is 5.94. The van der Waals surface area contributed by atoms with Crippen LogP contribution in [0.1, 0.15) is 17.7 Å². The van der Waals surface area contributed by atoms with Crippen LogP contribution in [0.25, 0.3) is 22.4 Å². The van der Waals surface area contributed by atoms with Crippen LogP contribution in [0.15, 0.2) is 42.9 Å². The van der Waals surface area contributed by atoms with Gasteiger partial charge in [0, 0.05) is 21.7 Å². The zero-order chi connectivity index (χ0) is 17.2. The van der Waals surface area contributed by atoms with E-state index in [4.69, 9.17) is 0 Å². The normalized spacial score (nSPS) is 11.3. The number of benzene rings is 1. The van der Waals surface area contributed by atoms with Gasteiger partial charge in [0.15, 0.2) is 0 Å². The molecule has 3 aromatic heterocycles. The number of nitrogens with one attached hydrogen (secondary N) is 1. The highest BCUT2D eigenvalue weighted by Gasteiger charge is 2.15. The zero-order valence-corrected chi connectivity index (χ0v) is 15.9. The van der Waals surface area contributed by atoms with E-state index < -0.39 is 0 Å². The van der Waals surface area contributed by atoms with Gasteiger partial charge in [-0.1, -0.05) is 17.3 Å². The van der Waals surface area contributed by atoms with Crippen molar-refractivity contribution in [2.45, 2.75) is 26.3 Å². The second kappa shape index (κ2) is 6.91. The van der Waals surface area contributed by atoms with Gasteiger partial charge in [0.25, 0.3) is 0 Å². The lowest BCUT2D eigenvalue weighted by atomic mass is 10.1. The van der Waals surface area contributed by atoms with Gasteiger partial charge in [0.05, 0.1) is 5.69 Å². The van der Waals surface area contributed by atoms with Crippen molar-refractivity contribution in [1.29, 1.82) is 0 Å². The number of hydrogen-bond acceptors (Lipinski definition) is 4. The molecule has 126 valence electrons. The first-order valence-electron chi connectivity index (χ1n) is 8.15. The van der Waals surface area contributed by atoms with E-state index in [1.165, 1.54) is 9.13 Å². The van der Waals surface area contributed by atoms with Gasteiger partial charge >= 0.3 is 0 Å². The van der Waals surface area contributed by atoms with E-state index in [2.05, 4.69) is 72.1 Å². The Labute approximate surface area is 158 Å². The lowest BCUT2D eigenvalue weighted by Gasteiger charge is -2.05. The molecule has 0 unspecified atom stereocenters. The van der Waals surface area contributed by atoms with Crippen LogP contribution in [0.3, 0.4) is 0 Å². The Bertz CT molecular complexity index is 1000. The van der Waals surface area contributed by atoms with Gasteiger partial charge in [-0.3, -0.25) is 0 Å². The molecule has 0 atom stereocenters. The smallest absolute Gasteiger partial charge is 0.141 e. The number of fused-ring (bicyclic) bond motifs is 1. The molecule has 7 heteroatoms. The second-order valence-corrected chi connectivity index (χ2v) is 7.18. The van der Waals surface area contributed by atoms with Crippen molar-refractivity contribution in [3.8, 4) is 11.4 Å². The molecule has 0 aliphatic heterocycles. The molecule has 0 fully saturated rings. The Morgan fingerprint density at radius 1 is 1.08 bits per heavy atom. The van der Waals surface area contributed by atoms with Gasteiger partial charge in [-0.05, 0) is 66.1 Å². The van der Waals surface area contributed by atoms with Crippen molar-refractivity contribution in [2.24, 2.45) is 0 Å². The van der Waals surface area contributed by atoms with Crippen molar-refractivity contribution in [2.75, 3.05) is 0 Å². The summed E-state index contributed by atoms with van der Waals surface area (Å²) in [7, 11) is 0. The molecular weight excluding hydrogens is 427 g/mol. The Kier molecular flexibility index (Phi) is 4.48. The minimum Gasteiger partial charge on any atom is -0.346 e. The number of aromatic nitrogens is 6. The monoisotopic (exact) mass is 444 g/mol. The van der Waals surface area contributed by atoms with Gasteiger partial charge in [0.1, 0.15) is 23.4 Å². The first kappa shape index (κ1) is 16.2. The maximum absolute atomic E-state index is 4.41. The Balaban J connectivity index is 1.51. The number of nitrogens with zero attached hydrogens (tertiary/aromatic N) is 5. The summed E-state index contributed by atoms with van der Waals surface area (Å²) >= 11 is 2.33. The molecule has 0 saturated heterocycles. The van der Waals surface area contributed by atoms with Crippen LogP contribution in [0.4, 0.5) is 0 Å². The first-order valence-corrected chi connectivity index (χ1v) is 9.23. The molecule has 4 aromatic rings. The molecule has 0 spiro atoms. The third-order valence-corrected chi connectivity index (χ3v) is 5.03. The van der Waals surface area contributed by atoms with Gasteiger partial charge in [0.2, 0.25) is 0 Å². The van der Waals surface area contributed by atoms with Gasteiger partial charge < -0.3 is 4.98 Å². The number of hydrogen-bond donors (Lipinski definition) is 1. The lowest BCUT2D eigenvalue weighted by Crippen LogP contribution is -2.04. The Hall–Kier alpha value is -2.29. The number of rotatable bonds is 5. The highest BCUT2D eigenvalue weighted by Crippen LogP contribution is 2.25. The van der Waals surface area contributed by atoms with Crippen LogP contribution >= 0.6 is 22.6 Å². The highest BCUT2D eigenvalue weighted by atomic mass is 127. The fourth-order valence-electron chi connectivity index (χ4n) is 2.94. The molecule has 0 amide bonds. The molecule has 0 bridgehead atoms. The number of H-pyrrole nitrogens is 1. The van der Waals surface area contributed by atoms with E-state index in [9.17, 15) is 0 Å². The fraction of sp³-hybridized carbons (Fsp3) is 0.222. The van der Waals surface area contributed by atoms with Gasteiger partial charge in [-0.25, -0.2) is 14.6 Å². The fourth-order valence-corrected chi connectivity index (χ4v) is 3.30. The Morgan fingerprint density at radius 2 is 1.92 bits per heavy atom. The minimum absolute atomic E-state index is 0.817. The highest BCUT2D eigenvalue weighted by molar-refractivity contribution is 14.1. The maximum atomic E-state index is 4.41. The van der Waals surface area contributed by atoms with Crippen LogP contribution in [0.2, 0.25) is 0 Å². The summed E-state index contributed by atoms with van der Waals surface area (Å²) in [5.74, 6) is 0. The Morgan fingerprint density at radius 3 is 2.76 bits per heavy atom. The van der Waals surface area contributed by atoms with Crippen LogP contribution in [-0.4, -0.2) is 29.9 Å². The summed E-state index contributed by atoms with van der Waals surface area (Å²) in [6, 6.07) is 10.6. The number of halogens is 1. The van der Waals surface area contributed by atoms with Gasteiger partial charge in [-0.2, -0.15) is 0 Å². The molecule has 0 radical (unpaired) electrons. The molecular formula is C18H17IN6. The average molecular weight is 444 g/mol.